The molecule has 1 heterocycles. The van der Waals surface area contributed by atoms with Gasteiger partial charge in [0.05, 0.1) is 12.3 Å². The lowest BCUT2D eigenvalue weighted by atomic mass is 10.1. The summed E-state index contributed by atoms with van der Waals surface area (Å²) in [5.74, 6) is -0.329. The molecule has 0 saturated carbocycles. The minimum atomic E-state index is -0.609. The summed E-state index contributed by atoms with van der Waals surface area (Å²) in [5, 5.41) is 3.95. The summed E-state index contributed by atoms with van der Waals surface area (Å²) in [6.07, 6.45) is 0.364. The molecule has 0 N–H and O–H groups in total. The maximum absolute atomic E-state index is 13.4. The molecule has 6 heteroatoms. The van der Waals surface area contributed by atoms with E-state index in [0.29, 0.717) is 18.7 Å². The largest absolute Gasteiger partial charge is 0.399 e. The van der Waals surface area contributed by atoms with Crippen molar-refractivity contribution in [2.45, 2.75) is 19.4 Å². The maximum atomic E-state index is 13.4. The number of nitrogens with zero attached hydrogens (tertiary/aromatic N) is 3. The molecule has 26 heavy (non-hydrogen) atoms. The monoisotopic (exact) mass is 351 g/mol. The second kappa shape index (κ2) is 7.82. The van der Waals surface area contributed by atoms with E-state index in [0.717, 1.165) is 11.4 Å². The van der Waals surface area contributed by atoms with Gasteiger partial charge in [-0.1, -0.05) is 41.6 Å². The second-order valence-corrected chi connectivity index (χ2v) is 6.05. The number of hydrogen-bond acceptors (Lipinski definition) is 4. The van der Waals surface area contributed by atoms with Crippen LogP contribution in [0.15, 0.2) is 65.8 Å². The maximum Gasteiger partial charge on any atom is 0.254 e. The smallest absolute Gasteiger partial charge is 0.254 e. The quantitative estimate of drug-likeness (QED) is 0.796. The first-order valence-corrected chi connectivity index (χ1v) is 8.42. The molecule has 2 amide bonds. The van der Waals surface area contributed by atoms with Gasteiger partial charge in [-0.05, 0) is 24.3 Å². The van der Waals surface area contributed by atoms with E-state index in [1.54, 1.807) is 9.80 Å². The molecule has 0 aromatic heterocycles. The fourth-order valence-electron chi connectivity index (χ4n) is 3.16. The summed E-state index contributed by atoms with van der Waals surface area (Å²) in [6, 6.07) is 18.2. The zero-order valence-corrected chi connectivity index (χ0v) is 14.8. The van der Waals surface area contributed by atoms with Crippen molar-refractivity contribution in [1.29, 1.82) is 0 Å². The van der Waals surface area contributed by atoms with Gasteiger partial charge in [-0.2, -0.15) is 0 Å². The molecule has 1 aliphatic rings. The number of benzene rings is 2. The number of likely N-dealkylation sites (tertiary alicyclic amines) is 1. The molecule has 1 aliphatic heterocycles. The summed E-state index contributed by atoms with van der Waals surface area (Å²) in [5.41, 5.74) is 2.19. The molecule has 1 fully saturated rings. The number of para-hydroxylation sites is 2. The number of hydrogen-bond donors (Lipinski definition) is 0. The molecule has 1 saturated heterocycles. The minimum Gasteiger partial charge on any atom is -0.399 e. The molecular formula is C20H21N3O3. The van der Waals surface area contributed by atoms with Gasteiger partial charge in [0.2, 0.25) is 5.91 Å². The van der Waals surface area contributed by atoms with E-state index in [2.05, 4.69) is 5.16 Å². The Morgan fingerprint density at radius 3 is 2.04 bits per heavy atom. The van der Waals surface area contributed by atoms with Crippen molar-refractivity contribution in [3.8, 4) is 0 Å². The molecule has 2 aromatic rings. The molecule has 1 atom stereocenters. The fourth-order valence-corrected chi connectivity index (χ4v) is 3.16. The molecule has 0 bridgehead atoms. The molecule has 0 aliphatic carbocycles. The topological polar surface area (TPSA) is 62.2 Å². The molecule has 0 spiro atoms. The zero-order chi connectivity index (χ0) is 18.5. The van der Waals surface area contributed by atoms with Crippen LogP contribution in [0.25, 0.3) is 0 Å². The Bertz CT molecular complexity index is 766. The van der Waals surface area contributed by atoms with Gasteiger partial charge >= 0.3 is 0 Å². The number of rotatable bonds is 4. The molecule has 3 rings (SSSR count). The number of anilines is 2. The van der Waals surface area contributed by atoms with Crippen molar-refractivity contribution in [1.82, 2.24) is 4.90 Å². The molecule has 0 radical (unpaired) electrons. The van der Waals surface area contributed by atoms with Crippen molar-refractivity contribution < 1.29 is 14.4 Å². The van der Waals surface area contributed by atoms with Crippen LogP contribution in [0.4, 0.5) is 11.4 Å². The third kappa shape index (κ3) is 3.59. The first-order chi connectivity index (χ1) is 12.6. The highest BCUT2D eigenvalue weighted by molar-refractivity contribution is 6.09. The Labute approximate surface area is 152 Å². The van der Waals surface area contributed by atoms with Crippen molar-refractivity contribution in [2.75, 3.05) is 18.6 Å². The third-order valence-electron chi connectivity index (χ3n) is 4.32. The summed E-state index contributed by atoms with van der Waals surface area (Å²) < 4.78 is 0. The van der Waals surface area contributed by atoms with Gasteiger partial charge in [0.15, 0.2) is 0 Å². The van der Waals surface area contributed by atoms with Crippen LogP contribution < -0.4 is 4.90 Å². The normalized spacial score (nSPS) is 18.0. The first-order valence-electron chi connectivity index (χ1n) is 8.42. The van der Waals surface area contributed by atoms with Crippen molar-refractivity contribution in [2.24, 2.45) is 5.16 Å². The zero-order valence-electron chi connectivity index (χ0n) is 14.8. The Hall–Kier alpha value is -3.15. The van der Waals surface area contributed by atoms with Crippen LogP contribution in [0.2, 0.25) is 0 Å². The standard InChI is InChI=1S/C20H21N3O3/c1-15(24)22-14-16(21-26-2)13-19(22)20(25)23(17-9-5-3-6-10-17)18-11-7-4-8-12-18/h3-12,19H,13-14H2,1-2H3. The Kier molecular flexibility index (Phi) is 5.31. The Morgan fingerprint density at radius 1 is 1.04 bits per heavy atom. The molecular weight excluding hydrogens is 330 g/mol. The fraction of sp³-hybridized carbons (Fsp3) is 0.250. The van der Waals surface area contributed by atoms with Crippen LogP contribution in [0, 0.1) is 0 Å². The third-order valence-corrected chi connectivity index (χ3v) is 4.32. The predicted octanol–water partition coefficient (Wildman–Crippen LogP) is 2.97. The van der Waals surface area contributed by atoms with E-state index < -0.39 is 6.04 Å². The number of carbonyl (C=O) groups excluding carboxylic acids is 2. The van der Waals surface area contributed by atoms with Crippen LogP contribution in [-0.4, -0.2) is 42.1 Å². The highest BCUT2D eigenvalue weighted by Gasteiger charge is 2.39. The summed E-state index contributed by atoms with van der Waals surface area (Å²) >= 11 is 0. The highest BCUT2D eigenvalue weighted by atomic mass is 16.6. The van der Waals surface area contributed by atoms with E-state index in [4.69, 9.17) is 4.84 Å². The van der Waals surface area contributed by atoms with Gasteiger partial charge in [-0.3, -0.25) is 14.5 Å². The van der Waals surface area contributed by atoms with Gasteiger partial charge in [-0.25, -0.2) is 0 Å². The van der Waals surface area contributed by atoms with E-state index in [1.165, 1.54) is 14.0 Å². The summed E-state index contributed by atoms with van der Waals surface area (Å²) in [4.78, 5) is 33.5. The molecule has 6 nitrogen and oxygen atoms in total. The Morgan fingerprint density at radius 2 is 1.58 bits per heavy atom. The van der Waals surface area contributed by atoms with Crippen LogP contribution in [-0.2, 0) is 14.4 Å². The van der Waals surface area contributed by atoms with Crippen molar-refractivity contribution in [3.05, 3.63) is 60.7 Å². The van der Waals surface area contributed by atoms with Gasteiger partial charge < -0.3 is 9.74 Å². The predicted molar refractivity (Wildman–Crippen MR) is 100 cm³/mol. The van der Waals surface area contributed by atoms with Crippen molar-refractivity contribution in [3.63, 3.8) is 0 Å². The van der Waals surface area contributed by atoms with E-state index in [9.17, 15) is 9.59 Å². The van der Waals surface area contributed by atoms with Crippen LogP contribution in [0.3, 0.4) is 0 Å². The lowest BCUT2D eigenvalue weighted by Crippen LogP contribution is -2.45. The molecule has 1 unspecified atom stereocenters. The first kappa shape index (κ1) is 17.7. The van der Waals surface area contributed by atoms with E-state index in [-0.39, 0.29) is 11.8 Å². The average molecular weight is 351 g/mol. The second-order valence-electron chi connectivity index (χ2n) is 6.05. The van der Waals surface area contributed by atoms with Gasteiger partial charge in [0, 0.05) is 24.7 Å². The van der Waals surface area contributed by atoms with Crippen molar-refractivity contribution >= 4 is 28.9 Å². The summed E-state index contributed by atoms with van der Waals surface area (Å²) in [7, 11) is 1.46. The SMILES string of the molecule is CON=C1CC(C(=O)N(c2ccccc2)c2ccccc2)N(C(C)=O)C1. The molecule has 2 aromatic carbocycles. The Balaban J connectivity index is 2.00. The van der Waals surface area contributed by atoms with Crippen LogP contribution in [0.5, 0.6) is 0 Å². The minimum absolute atomic E-state index is 0.161. The highest BCUT2D eigenvalue weighted by Crippen LogP contribution is 2.29. The van der Waals surface area contributed by atoms with Gasteiger partial charge in [-0.15, -0.1) is 0 Å². The number of oxime groups is 1. The van der Waals surface area contributed by atoms with E-state index >= 15 is 0 Å². The lowest BCUT2D eigenvalue weighted by Gasteiger charge is -2.29. The molecule has 134 valence electrons. The average Bonchev–Trinajstić information content (AvgIpc) is 3.08. The van der Waals surface area contributed by atoms with Gasteiger partial charge in [0.25, 0.3) is 5.91 Å². The lowest BCUT2D eigenvalue weighted by molar-refractivity contribution is -0.135. The van der Waals surface area contributed by atoms with E-state index in [1.807, 2.05) is 60.7 Å². The van der Waals surface area contributed by atoms with Crippen LogP contribution in [0.1, 0.15) is 13.3 Å². The van der Waals surface area contributed by atoms with Gasteiger partial charge in [0.1, 0.15) is 13.2 Å². The summed E-state index contributed by atoms with van der Waals surface area (Å²) in [6.45, 7) is 1.77. The number of amides is 2. The van der Waals surface area contributed by atoms with Crippen LogP contribution >= 0.6 is 0 Å². The number of carbonyl (C=O) groups is 2.